The molecule has 0 radical (unpaired) electrons. The molecule has 4 nitrogen and oxygen atoms in total. The van der Waals surface area contributed by atoms with Crippen molar-refractivity contribution < 1.29 is 4.79 Å². The van der Waals surface area contributed by atoms with Crippen molar-refractivity contribution in [2.24, 2.45) is 23.5 Å². The molecular formula is C16H31N3O. The Hall–Kier alpha value is -0.610. The van der Waals surface area contributed by atoms with Crippen LogP contribution in [0.15, 0.2) is 0 Å². The summed E-state index contributed by atoms with van der Waals surface area (Å²) in [5.41, 5.74) is 6.02. The lowest BCUT2D eigenvalue weighted by molar-refractivity contribution is -0.135. The fraction of sp³-hybridized carbons (Fsp3) is 0.938. The third kappa shape index (κ3) is 4.19. The average molecular weight is 281 g/mol. The molecule has 1 amide bonds. The van der Waals surface area contributed by atoms with Crippen molar-refractivity contribution in [3.63, 3.8) is 0 Å². The van der Waals surface area contributed by atoms with Gasteiger partial charge in [0.1, 0.15) is 0 Å². The highest BCUT2D eigenvalue weighted by Crippen LogP contribution is 2.22. The molecule has 2 saturated heterocycles. The van der Waals surface area contributed by atoms with Crippen LogP contribution >= 0.6 is 0 Å². The molecule has 2 rings (SSSR count). The maximum absolute atomic E-state index is 12.5. The molecule has 0 bridgehead atoms. The predicted molar refractivity (Wildman–Crippen MR) is 82.3 cm³/mol. The summed E-state index contributed by atoms with van der Waals surface area (Å²) >= 11 is 0. The van der Waals surface area contributed by atoms with Gasteiger partial charge in [0.25, 0.3) is 0 Å². The summed E-state index contributed by atoms with van der Waals surface area (Å²) in [5.74, 6) is 2.14. The molecule has 0 aromatic rings. The van der Waals surface area contributed by atoms with Gasteiger partial charge in [-0.05, 0) is 50.5 Å². The van der Waals surface area contributed by atoms with Crippen LogP contribution in [0.5, 0.6) is 0 Å². The summed E-state index contributed by atoms with van der Waals surface area (Å²) < 4.78 is 0. The maximum Gasteiger partial charge on any atom is 0.236 e. The van der Waals surface area contributed by atoms with E-state index in [9.17, 15) is 4.79 Å². The zero-order valence-electron chi connectivity index (χ0n) is 13.3. The number of amides is 1. The van der Waals surface area contributed by atoms with E-state index in [4.69, 9.17) is 5.73 Å². The summed E-state index contributed by atoms with van der Waals surface area (Å²) in [6.07, 6.45) is 3.63. The minimum Gasteiger partial charge on any atom is -0.341 e. The van der Waals surface area contributed by atoms with E-state index in [1.54, 1.807) is 0 Å². The lowest BCUT2D eigenvalue weighted by Crippen LogP contribution is -2.50. The molecule has 0 aliphatic carbocycles. The van der Waals surface area contributed by atoms with Crippen LogP contribution in [0.3, 0.4) is 0 Å². The van der Waals surface area contributed by atoms with Gasteiger partial charge in [-0.3, -0.25) is 9.69 Å². The zero-order chi connectivity index (χ0) is 14.7. The van der Waals surface area contributed by atoms with Crippen molar-refractivity contribution in [3.8, 4) is 0 Å². The monoisotopic (exact) mass is 281 g/mol. The number of likely N-dealkylation sites (tertiary alicyclic amines) is 2. The highest BCUT2D eigenvalue weighted by molar-refractivity contribution is 5.78. The van der Waals surface area contributed by atoms with Crippen LogP contribution < -0.4 is 5.73 Å². The third-order valence-electron chi connectivity index (χ3n) is 4.87. The van der Waals surface area contributed by atoms with Crippen LogP contribution in [0.1, 0.15) is 40.0 Å². The van der Waals surface area contributed by atoms with Gasteiger partial charge in [-0.15, -0.1) is 0 Å². The summed E-state index contributed by atoms with van der Waals surface area (Å²) in [5, 5.41) is 0. The second-order valence-corrected chi connectivity index (χ2v) is 7.24. The van der Waals surface area contributed by atoms with E-state index >= 15 is 0 Å². The van der Waals surface area contributed by atoms with Crippen molar-refractivity contribution >= 4 is 5.91 Å². The van der Waals surface area contributed by atoms with Crippen molar-refractivity contribution in [3.05, 3.63) is 0 Å². The number of rotatable bonds is 3. The minimum atomic E-state index is 0.239. The SMILES string of the molecule is CC1CC(C)CN(C(=O)CN2CCCC(C(C)N)C2)C1. The molecule has 4 atom stereocenters. The van der Waals surface area contributed by atoms with E-state index in [2.05, 4.69) is 30.6 Å². The molecule has 2 N–H and O–H groups in total. The summed E-state index contributed by atoms with van der Waals surface area (Å²) in [4.78, 5) is 16.9. The largest absolute Gasteiger partial charge is 0.341 e. The van der Waals surface area contributed by atoms with E-state index in [1.165, 1.54) is 19.3 Å². The Bertz CT molecular complexity index is 322. The van der Waals surface area contributed by atoms with Gasteiger partial charge in [0.05, 0.1) is 6.54 Å². The first-order chi connectivity index (χ1) is 9.45. The molecule has 0 aromatic heterocycles. The lowest BCUT2D eigenvalue weighted by Gasteiger charge is -2.38. The van der Waals surface area contributed by atoms with Gasteiger partial charge in [0.2, 0.25) is 5.91 Å². The first kappa shape index (κ1) is 15.8. The smallest absolute Gasteiger partial charge is 0.236 e. The van der Waals surface area contributed by atoms with Gasteiger partial charge in [0, 0.05) is 25.7 Å². The number of hydrogen-bond donors (Lipinski definition) is 1. The highest BCUT2D eigenvalue weighted by atomic mass is 16.2. The zero-order valence-corrected chi connectivity index (χ0v) is 13.3. The molecule has 2 heterocycles. The number of piperidine rings is 2. The topological polar surface area (TPSA) is 49.6 Å². The molecule has 2 aliphatic heterocycles. The quantitative estimate of drug-likeness (QED) is 0.854. The number of carbonyl (C=O) groups is 1. The number of nitrogens with two attached hydrogens (primary N) is 1. The molecule has 116 valence electrons. The fourth-order valence-electron chi connectivity index (χ4n) is 3.82. The Morgan fingerprint density at radius 1 is 1.25 bits per heavy atom. The second-order valence-electron chi connectivity index (χ2n) is 7.24. The summed E-state index contributed by atoms with van der Waals surface area (Å²) in [6, 6.07) is 0.239. The number of carbonyl (C=O) groups excluding carboxylic acids is 1. The lowest BCUT2D eigenvalue weighted by atomic mass is 9.91. The molecular weight excluding hydrogens is 250 g/mol. The molecule has 2 aliphatic rings. The Labute approximate surface area is 123 Å². The normalized spacial score (nSPS) is 34.0. The minimum absolute atomic E-state index is 0.239. The first-order valence-electron chi connectivity index (χ1n) is 8.21. The van der Waals surface area contributed by atoms with Crippen LogP contribution in [0.25, 0.3) is 0 Å². The van der Waals surface area contributed by atoms with Gasteiger partial charge in [-0.1, -0.05) is 13.8 Å². The standard InChI is InChI=1S/C16H31N3O/c1-12-7-13(2)9-19(8-12)16(20)11-18-6-4-5-15(10-18)14(3)17/h12-15H,4-11,17H2,1-3H3. The molecule has 0 aromatic carbocycles. The second kappa shape index (κ2) is 6.90. The Kier molecular flexibility index (Phi) is 5.44. The van der Waals surface area contributed by atoms with Gasteiger partial charge < -0.3 is 10.6 Å². The van der Waals surface area contributed by atoms with Crippen LogP contribution in [-0.4, -0.2) is 54.5 Å². The Balaban J connectivity index is 1.84. The molecule has 4 heteroatoms. The van der Waals surface area contributed by atoms with Crippen LogP contribution in [0.4, 0.5) is 0 Å². The van der Waals surface area contributed by atoms with Crippen LogP contribution in [0, 0.1) is 17.8 Å². The Morgan fingerprint density at radius 3 is 2.50 bits per heavy atom. The van der Waals surface area contributed by atoms with E-state index in [0.29, 0.717) is 30.2 Å². The molecule has 0 spiro atoms. The third-order valence-corrected chi connectivity index (χ3v) is 4.87. The highest BCUT2D eigenvalue weighted by Gasteiger charge is 2.28. The molecule has 2 fully saturated rings. The molecule has 4 unspecified atom stereocenters. The van der Waals surface area contributed by atoms with Crippen molar-refractivity contribution in [1.82, 2.24) is 9.80 Å². The Morgan fingerprint density at radius 2 is 1.90 bits per heavy atom. The summed E-state index contributed by atoms with van der Waals surface area (Å²) in [7, 11) is 0. The molecule has 20 heavy (non-hydrogen) atoms. The van der Waals surface area contributed by atoms with Gasteiger partial charge in [0.15, 0.2) is 0 Å². The van der Waals surface area contributed by atoms with E-state index in [1.807, 2.05) is 0 Å². The maximum atomic E-state index is 12.5. The number of hydrogen-bond acceptors (Lipinski definition) is 3. The fourth-order valence-corrected chi connectivity index (χ4v) is 3.82. The number of nitrogens with zero attached hydrogens (tertiary/aromatic N) is 2. The van der Waals surface area contributed by atoms with Crippen LogP contribution in [0.2, 0.25) is 0 Å². The van der Waals surface area contributed by atoms with E-state index in [-0.39, 0.29) is 6.04 Å². The van der Waals surface area contributed by atoms with Crippen molar-refractivity contribution in [2.45, 2.75) is 46.1 Å². The van der Waals surface area contributed by atoms with Gasteiger partial charge in [-0.2, -0.15) is 0 Å². The van der Waals surface area contributed by atoms with Crippen molar-refractivity contribution in [1.29, 1.82) is 0 Å². The summed E-state index contributed by atoms with van der Waals surface area (Å²) in [6.45, 7) is 11.1. The van der Waals surface area contributed by atoms with E-state index in [0.717, 1.165) is 26.2 Å². The van der Waals surface area contributed by atoms with Crippen molar-refractivity contribution in [2.75, 3.05) is 32.7 Å². The first-order valence-corrected chi connectivity index (χ1v) is 8.21. The van der Waals surface area contributed by atoms with Gasteiger partial charge >= 0.3 is 0 Å². The average Bonchev–Trinajstić information content (AvgIpc) is 2.37. The predicted octanol–water partition coefficient (Wildman–Crippen LogP) is 1.55. The van der Waals surface area contributed by atoms with E-state index < -0.39 is 0 Å². The molecule has 0 saturated carbocycles. The van der Waals surface area contributed by atoms with Crippen LogP contribution in [-0.2, 0) is 4.79 Å². The van der Waals surface area contributed by atoms with Gasteiger partial charge in [-0.25, -0.2) is 0 Å².